The van der Waals surface area contributed by atoms with Gasteiger partial charge in [-0.15, -0.1) is 5.10 Å². The topological polar surface area (TPSA) is 34.0 Å². The second-order valence-electron chi connectivity index (χ2n) is 5.24. The molecule has 1 aliphatic carbocycles. The first-order chi connectivity index (χ1) is 8.70. The van der Waals surface area contributed by atoms with Crippen molar-refractivity contribution >= 4 is 12.0 Å². The van der Waals surface area contributed by atoms with Crippen molar-refractivity contribution in [3.8, 4) is 0 Å². The number of rotatable bonds is 4. The highest BCUT2D eigenvalue weighted by atomic mass is 15.4. The molecule has 2 rings (SSSR count). The van der Waals surface area contributed by atoms with Crippen LogP contribution in [0.3, 0.4) is 0 Å². The van der Waals surface area contributed by atoms with Crippen molar-refractivity contribution in [2.24, 2.45) is 5.92 Å². The number of hydrogen-bond acceptors (Lipinski definition) is 3. The molecule has 1 aromatic heterocycles. The Morgan fingerprint density at radius 1 is 1.28 bits per heavy atom. The van der Waals surface area contributed by atoms with E-state index in [0.717, 1.165) is 24.2 Å². The summed E-state index contributed by atoms with van der Waals surface area (Å²) in [5.41, 5.74) is 0. The van der Waals surface area contributed by atoms with Crippen LogP contribution < -0.4 is 4.90 Å². The Kier molecular flexibility index (Phi) is 4.39. The van der Waals surface area contributed by atoms with Gasteiger partial charge in [-0.05, 0) is 31.8 Å². The molecule has 4 heteroatoms. The first kappa shape index (κ1) is 13.1. The number of anilines is 1. The Hall–Kier alpha value is -1.32. The lowest BCUT2D eigenvalue weighted by atomic mass is 9.89. The second kappa shape index (κ2) is 6.03. The van der Waals surface area contributed by atoms with Crippen LogP contribution in [0.15, 0.2) is 6.08 Å². The Bertz CT molecular complexity index is 400. The molecule has 0 aromatic carbocycles. The van der Waals surface area contributed by atoms with Gasteiger partial charge in [-0.1, -0.05) is 25.3 Å². The average Bonchev–Trinajstić information content (AvgIpc) is 2.81. The molecule has 100 valence electrons. The lowest BCUT2D eigenvalue weighted by Crippen LogP contribution is -2.15. The number of aryl methyl sites for hydroxylation is 1. The zero-order valence-electron chi connectivity index (χ0n) is 11.8. The molecule has 0 bridgehead atoms. The van der Waals surface area contributed by atoms with Crippen molar-refractivity contribution < 1.29 is 0 Å². The van der Waals surface area contributed by atoms with Crippen LogP contribution in [-0.2, 0) is 6.54 Å². The molecule has 0 atom stereocenters. The van der Waals surface area contributed by atoms with E-state index in [4.69, 9.17) is 0 Å². The van der Waals surface area contributed by atoms with Gasteiger partial charge in [0.1, 0.15) is 0 Å². The maximum atomic E-state index is 4.56. The zero-order valence-corrected chi connectivity index (χ0v) is 11.8. The van der Waals surface area contributed by atoms with Gasteiger partial charge in [0.2, 0.25) is 5.95 Å². The minimum Gasteiger partial charge on any atom is -0.347 e. The lowest BCUT2D eigenvalue weighted by molar-refractivity contribution is 0.420. The molecule has 0 aliphatic heterocycles. The van der Waals surface area contributed by atoms with Crippen molar-refractivity contribution in [1.82, 2.24) is 14.8 Å². The first-order valence-electron chi connectivity index (χ1n) is 7.01. The molecular formula is C14H24N4. The van der Waals surface area contributed by atoms with Gasteiger partial charge in [-0.3, -0.25) is 0 Å². The third-order valence-electron chi connectivity index (χ3n) is 3.54. The number of hydrogen-bond donors (Lipinski definition) is 0. The summed E-state index contributed by atoms with van der Waals surface area (Å²) in [6.45, 7) is 2.95. The van der Waals surface area contributed by atoms with Crippen LogP contribution in [0.25, 0.3) is 6.08 Å². The molecule has 4 nitrogen and oxygen atoms in total. The predicted molar refractivity (Wildman–Crippen MR) is 75.6 cm³/mol. The third-order valence-corrected chi connectivity index (χ3v) is 3.54. The molecule has 0 N–H and O–H groups in total. The van der Waals surface area contributed by atoms with Gasteiger partial charge in [0.15, 0.2) is 5.82 Å². The number of aromatic nitrogens is 3. The largest absolute Gasteiger partial charge is 0.347 e. The standard InChI is InChI=1S/C14H24N4/c1-4-18-14(17(2)3)15-13(16-18)11-10-12-8-6-5-7-9-12/h10-12H,4-9H2,1-3H3. The maximum absolute atomic E-state index is 4.56. The van der Waals surface area contributed by atoms with Crippen LogP contribution in [0.2, 0.25) is 0 Å². The van der Waals surface area contributed by atoms with Crippen LogP contribution in [0.1, 0.15) is 44.9 Å². The van der Waals surface area contributed by atoms with Crippen LogP contribution in [0.5, 0.6) is 0 Å². The van der Waals surface area contributed by atoms with E-state index in [0.29, 0.717) is 0 Å². The minimum atomic E-state index is 0.732. The van der Waals surface area contributed by atoms with Gasteiger partial charge in [0, 0.05) is 20.6 Å². The van der Waals surface area contributed by atoms with Crippen LogP contribution in [-0.4, -0.2) is 28.9 Å². The van der Waals surface area contributed by atoms with Gasteiger partial charge in [0.25, 0.3) is 0 Å². The smallest absolute Gasteiger partial charge is 0.223 e. The normalized spacial score (nSPS) is 17.5. The van der Waals surface area contributed by atoms with E-state index in [1.54, 1.807) is 0 Å². The molecule has 1 saturated carbocycles. The lowest BCUT2D eigenvalue weighted by Gasteiger charge is -2.17. The van der Waals surface area contributed by atoms with E-state index in [1.165, 1.54) is 32.1 Å². The molecule has 1 aromatic rings. The molecule has 1 aliphatic rings. The van der Waals surface area contributed by atoms with Crippen LogP contribution in [0.4, 0.5) is 5.95 Å². The molecule has 0 saturated heterocycles. The summed E-state index contributed by atoms with van der Waals surface area (Å²) in [5, 5.41) is 4.51. The van der Waals surface area contributed by atoms with E-state index in [1.807, 2.05) is 23.7 Å². The van der Waals surface area contributed by atoms with E-state index in [-0.39, 0.29) is 0 Å². The molecule has 18 heavy (non-hydrogen) atoms. The van der Waals surface area contributed by atoms with Gasteiger partial charge < -0.3 is 4.90 Å². The Labute approximate surface area is 110 Å². The summed E-state index contributed by atoms with van der Waals surface area (Å²) in [4.78, 5) is 6.56. The average molecular weight is 248 g/mol. The maximum Gasteiger partial charge on any atom is 0.223 e. The van der Waals surface area contributed by atoms with E-state index >= 15 is 0 Å². The highest BCUT2D eigenvalue weighted by Crippen LogP contribution is 2.25. The van der Waals surface area contributed by atoms with E-state index in [9.17, 15) is 0 Å². The third kappa shape index (κ3) is 3.12. The summed E-state index contributed by atoms with van der Waals surface area (Å²) in [7, 11) is 4.01. The van der Waals surface area contributed by atoms with Gasteiger partial charge >= 0.3 is 0 Å². The van der Waals surface area contributed by atoms with Crippen LogP contribution in [0, 0.1) is 5.92 Å². The summed E-state index contributed by atoms with van der Waals surface area (Å²) in [6.07, 6.45) is 11.2. The molecule has 0 unspecified atom stereocenters. The van der Waals surface area contributed by atoms with Crippen molar-refractivity contribution in [1.29, 1.82) is 0 Å². The monoisotopic (exact) mass is 248 g/mol. The Balaban J connectivity index is 2.06. The fraction of sp³-hybridized carbons (Fsp3) is 0.714. The molecule has 1 heterocycles. The summed E-state index contributed by atoms with van der Waals surface area (Å²) in [6, 6.07) is 0. The Morgan fingerprint density at radius 2 is 2.00 bits per heavy atom. The number of nitrogens with zero attached hydrogens (tertiary/aromatic N) is 4. The quantitative estimate of drug-likeness (QED) is 0.821. The van der Waals surface area contributed by atoms with Crippen molar-refractivity contribution in [2.75, 3.05) is 19.0 Å². The van der Waals surface area contributed by atoms with E-state index in [2.05, 4.69) is 29.2 Å². The predicted octanol–water partition coefficient (Wildman–Crippen LogP) is 2.96. The van der Waals surface area contributed by atoms with Gasteiger partial charge in [-0.25, -0.2) is 4.68 Å². The molecule has 1 fully saturated rings. The molecular weight excluding hydrogens is 224 g/mol. The molecule has 0 amide bonds. The zero-order chi connectivity index (χ0) is 13.0. The van der Waals surface area contributed by atoms with Crippen molar-refractivity contribution in [3.05, 3.63) is 11.9 Å². The van der Waals surface area contributed by atoms with Crippen LogP contribution >= 0.6 is 0 Å². The second-order valence-corrected chi connectivity index (χ2v) is 5.24. The fourth-order valence-corrected chi connectivity index (χ4v) is 2.51. The molecule has 0 spiro atoms. The summed E-state index contributed by atoms with van der Waals surface area (Å²) < 4.78 is 1.94. The van der Waals surface area contributed by atoms with Gasteiger partial charge in [0.05, 0.1) is 0 Å². The number of allylic oxidation sites excluding steroid dienone is 1. The molecule has 0 radical (unpaired) electrons. The van der Waals surface area contributed by atoms with Gasteiger partial charge in [-0.2, -0.15) is 4.98 Å². The highest BCUT2D eigenvalue weighted by Gasteiger charge is 2.11. The SMILES string of the molecule is CCn1nc(C=CC2CCCCC2)nc1N(C)C. The summed E-state index contributed by atoms with van der Waals surface area (Å²) >= 11 is 0. The van der Waals surface area contributed by atoms with Crippen molar-refractivity contribution in [3.63, 3.8) is 0 Å². The Morgan fingerprint density at radius 3 is 2.56 bits per heavy atom. The fourth-order valence-electron chi connectivity index (χ4n) is 2.51. The van der Waals surface area contributed by atoms with Crippen molar-refractivity contribution in [2.45, 2.75) is 45.6 Å². The first-order valence-corrected chi connectivity index (χ1v) is 7.01. The minimum absolute atomic E-state index is 0.732. The highest BCUT2D eigenvalue weighted by molar-refractivity contribution is 5.43. The van der Waals surface area contributed by atoms with E-state index < -0.39 is 0 Å². The summed E-state index contributed by atoms with van der Waals surface area (Å²) in [5.74, 6) is 2.50.